The average Bonchev–Trinajstić information content (AvgIpc) is 2.71. The van der Waals surface area contributed by atoms with E-state index in [2.05, 4.69) is 19.2 Å². The Hall–Kier alpha value is -3.15. The van der Waals surface area contributed by atoms with Crippen molar-refractivity contribution in [1.29, 1.82) is 0 Å². The van der Waals surface area contributed by atoms with E-state index >= 15 is 0 Å². The van der Waals surface area contributed by atoms with Crippen molar-refractivity contribution < 1.29 is 23.9 Å². The number of carbonyl (C=O) groups excluding carboxylic acids is 3. The number of ketones is 1. The molecule has 6 nitrogen and oxygen atoms in total. The molecule has 0 fully saturated rings. The molecule has 0 aliphatic heterocycles. The van der Waals surface area contributed by atoms with Gasteiger partial charge in [-0.3, -0.25) is 9.59 Å². The normalized spacial score (nSPS) is 10.5. The molecule has 154 valence electrons. The van der Waals surface area contributed by atoms with E-state index in [0.29, 0.717) is 41.5 Å². The second kappa shape index (κ2) is 11.0. The maximum absolute atomic E-state index is 12.2. The molecule has 2 aromatic rings. The summed E-state index contributed by atoms with van der Waals surface area (Å²) in [5, 5.41) is 2.75. The van der Waals surface area contributed by atoms with E-state index in [1.165, 1.54) is 0 Å². The lowest BCUT2D eigenvalue weighted by molar-refractivity contribution is -0.116. The standard InChI is InChI=1S/C23H27NO5/c1-4-5-22(26)24-19-10-6-17(7-11-19)21(25)15-29-23(27)18-8-12-20(13-9-18)28-14-16(2)3/h6-13,16H,4-5,14-15H2,1-3H3,(H,24,26). The lowest BCUT2D eigenvalue weighted by atomic mass is 10.1. The number of hydrogen-bond acceptors (Lipinski definition) is 5. The Morgan fingerprint density at radius 2 is 1.55 bits per heavy atom. The first-order valence-electron chi connectivity index (χ1n) is 9.72. The molecule has 2 aromatic carbocycles. The molecule has 0 saturated heterocycles. The van der Waals surface area contributed by atoms with Crippen LogP contribution in [0.25, 0.3) is 0 Å². The molecule has 0 saturated carbocycles. The van der Waals surface area contributed by atoms with E-state index in [4.69, 9.17) is 9.47 Å². The quantitative estimate of drug-likeness (QED) is 0.471. The van der Waals surface area contributed by atoms with Gasteiger partial charge in [-0.05, 0) is 60.9 Å². The minimum Gasteiger partial charge on any atom is -0.493 e. The van der Waals surface area contributed by atoms with Crippen molar-refractivity contribution in [2.45, 2.75) is 33.6 Å². The van der Waals surface area contributed by atoms with Crippen LogP contribution in [0.3, 0.4) is 0 Å². The van der Waals surface area contributed by atoms with E-state index in [0.717, 1.165) is 6.42 Å². The Balaban J connectivity index is 1.85. The van der Waals surface area contributed by atoms with Crippen molar-refractivity contribution in [3.05, 3.63) is 59.7 Å². The molecule has 6 heteroatoms. The van der Waals surface area contributed by atoms with Gasteiger partial charge in [0.05, 0.1) is 12.2 Å². The number of esters is 1. The van der Waals surface area contributed by atoms with E-state index in [1.807, 2.05) is 6.92 Å². The van der Waals surface area contributed by atoms with Gasteiger partial charge in [-0.25, -0.2) is 4.79 Å². The van der Waals surface area contributed by atoms with Gasteiger partial charge in [0.2, 0.25) is 5.91 Å². The van der Waals surface area contributed by atoms with Crippen LogP contribution in [-0.2, 0) is 9.53 Å². The van der Waals surface area contributed by atoms with Crippen LogP contribution in [-0.4, -0.2) is 30.9 Å². The summed E-state index contributed by atoms with van der Waals surface area (Å²) in [5.41, 5.74) is 1.38. The first kappa shape index (κ1) is 22.1. The Bertz CT molecular complexity index is 825. The summed E-state index contributed by atoms with van der Waals surface area (Å²) in [5.74, 6) is 0.129. The molecule has 0 aromatic heterocycles. The second-order valence-corrected chi connectivity index (χ2v) is 7.10. The molecule has 0 aliphatic rings. The van der Waals surface area contributed by atoms with Crippen molar-refractivity contribution in [1.82, 2.24) is 0 Å². The predicted octanol–water partition coefficient (Wildman–Crippen LogP) is 4.50. The summed E-state index contributed by atoms with van der Waals surface area (Å²) in [6, 6.07) is 13.1. The van der Waals surface area contributed by atoms with Gasteiger partial charge in [0.25, 0.3) is 0 Å². The van der Waals surface area contributed by atoms with Gasteiger partial charge in [-0.1, -0.05) is 20.8 Å². The number of amides is 1. The first-order chi connectivity index (χ1) is 13.9. The van der Waals surface area contributed by atoms with Crippen molar-refractivity contribution in [3.63, 3.8) is 0 Å². The highest BCUT2D eigenvalue weighted by atomic mass is 16.5. The summed E-state index contributed by atoms with van der Waals surface area (Å²) >= 11 is 0. The van der Waals surface area contributed by atoms with Gasteiger partial charge >= 0.3 is 5.97 Å². The zero-order chi connectivity index (χ0) is 21.2. The zero-order valence-electron chi connectivity index (χ0n) is 17.1. The van der Waals surface area contributed by atoms with Crippen LogP contribution in [0.5, 0.6) is 5.75 Å². The highest BCUT2D eigenvalue weighted by Gasteiger charge is 2.12. The van der Waals surface area contributed by atoms with Crippen LogP contribution >= 0.6 is 0 Å². The highest BCUT2D eigenvalue weighted by molar-refractivity contribution is 6.00. The first-order valence-corrected chi connectivity index (χ1v) is 9.72. The summed E-state index contributed by atoms with van der Waals surface area (Å²) in [6.45, 7) is 6.28. The molecule has 0 aliphatic carbocycles. The van der Waals surface area contributed by atoms with Crippen LogP contribution in [0.1, 0.15) is 54.3 Å². The van der Waals surface area contributed by atoms with Crippen molar-refractivity contribution in [2.24, 2.45) is 5.92 Å². The van der Waals surface area contributed by atoms with Crippen LogP contribution in [0.2, 0.25) is 0 Å². The molecule has 0 bridgehead atoms. The fourth-order valence-electron chi connectivity index (χ4n) is 2.44. The topological polar surface area (TPSA) is 81.7 Å². The lowest BCUT2D eigenvalue weighted by Gasteiger charge is -2.09. The number of carbonyl (C=O) groups is 3. The van der Waals surface area contributed by atoms with Crippen LogP contribution in [0, 0.1) is 5.92 Å². The Morgan fingerprint density at radius 1 is 0.931 bits per heavy atom. The Kier molecular flexibility index (Phi) is 8.40. The molecule has 2 rings (SSSR count). The number of nitrogens with one attached hydrogen (secondary N) is 1. The van der Waals surface area contributed by atoms with Gasteiger partial charge in [0, 0.05) is 17.7 Å². The smallest absolute Gasteiger partial charge is 0.338 e. The summed E-state index contributed by atoms with van der Waals surface area (Å²) in [4.78, 5) is 36.0. The molecular formula is C23H27NO5. The van der Waals surface area contributed by atoms with E-state index < -0.39 is 5.97 Å². The molecule has 1 N–H and O–H groups in total. The summed E-state index contributed by atoms with van der Waals surface area (Å²) in [6.07, 6.45) is 1.21. The fourth-order valence-corrected chi connectivity index (χ4v) is 2.44. The number of hydrogen-bond donors (Lipinski definition) is 1. The largest absolute Gasteiger partial charge is 0.493 e. The number of ether oxygens (including phenoxy) is 2. The minimum atomic E-state index is -0.572. The van der Waals surface area contributed by atoms with E-state index in [-0.39, 0.29) is 18.3 Å². The minimum absolute atomic E-state index is 0.0684. The lowest BCUT2D eigenvalue weighted by Crippen LogP contribution is -2.15. The number of rotatable bonds is 10. The third kappa shape index (κ3) is 7.41. The van der Waals surface area contributed by atoms with Crippen molar-refractivity contribution in [2.75, 3.05) is 18.5 Å². The molecular weight excluding hydrogens is 370 g/mol. The Labute approximate surface area is 171 Å². The third-order valence-electron chi connectivity index (χ3n) is 3.98. The Morgan fingerprint density at radius 3 is 2.14 bits per heavy atom. The number of benzene rings is 2. The molecule has 0 atom stereocenters. The average molecular weight is 397 g/mol. The van der Waals surface area contributed by atoms with Crippen LogP contribution in [0.15, 0.2) is 48.5 Å². The van der Waals surface area contributed by atoms with Crippen LogP contribution < -0.4 is 10.1 Å². The van der Waals surface area contributed by atoms with Gasteiger partial charge in [-0.15, -0.1) is 0 Å². The second-order valence-electron chi connectivity index (χ2n) is 7.10. The molecule has 0 heterocycles. The molecule has 0 spiro atoms. The molecule has 0 radical (unpaired) electrons. The highest BCUT2D eigenvalue weighted by Crippen LogP contribution is 2.15. The number of Topliss-reactive ketones (excluding diaryl/α,β-unsaturated/α-hetero) is 1. The van der Waals surface area contributed by atoms with E-state index in [9.17, 15) is 14.4 Å². The SMILES string of the molecule is CCCC(=O)Nc1ccc(C(=O)COC(=O)c2ccc(OCC(C)C)cc2)cc1. The third-order valence-corrected chi connectivity index (χ3v) is 3.98. The summed E-state index contributed by atoms with van der Waals surface area (Å²) < 4.78 is 10.7. The fraction of sp³-hybridized carbons (Fsp3) is 0.348. The van der Waals surface area contributed by atoms with Gasteiger partial charge < -0.3 is 14.8 Å². The van der Waals surface area contributed by atoms with Crippen molar-refractivity contribution in [3.8, 4) is 5.75 Å². The van der Waals surface area contributed by atoms with Gasteiger partial charge in [0.15, 0.2) is 12.4 Å². The summed E-state index contributed by atoms with van der Waals surface area (Å²) in [7, 11) is 0. The zero-order valence-corrected chi connectivity index (χ0v) is 17.1. The monoisotopic (exact) mass is 397 g/mol. The van der Waals surface area contributed by atoms with E-state index in [1.54, 1.807) is 48.5 Å². The molecule has 1 amide bonds. The predicted molar refractivity (Wildman–Crippen MR) is 111 cm³/mol. The molecule has 29 heavy (non-hydrogen) atoms. The number of anilines is 1. The maximum atomic E-state index is 12.2. The maximum Gasteiger partial charge on any atom is 0.338 e. The molecule has 0 unspecified atom stereocenters. The van der Waals surface area contributed by atoms with Crippen LogP contribution in [0.4, 0.5) is 5.69 Å². The van der Waals surface area contributed by atoms with Gasteiger partial charge in [-0.2, -0.15) is 0 Å². The van der Waals surface area contributed by atoms with Gasteiger partial charge in [0.1, 0.15) is 5.75 Å². The van der Waals surface area contributed by atoms with Crippen molar-refractivity contribution >= 4 is 23.3 Å².